The van der Waals surface area contributed by atoms with E-state index in [1.54, 1.807) is 0 Å². The van der Waals surface area contributed by atoms with Gasteiger partial charge >= 0.3 is 0 Å². The largest absolute Gasteiger partial charge is 0.512 e. The first-order chi connectivity index (χ1) is 15.4. The van der Waals surface area contributed by atoms with E-state index in [-0.39, 0.29) is 31.6 Å². The number of nitrogens with zero attached hydrogens (tertiary/aromatic N) is 3. The molecule has 0 saturated heterocycles. The molecule has 5 nitrogen and oxygen atoms in total. The molecule has 3 heterocycles. The van der Waals surface area contributed by atoms with Gasteiger partial charge in [0.2, 0.25) is 0 Å². The second-order valence-electron chi connectivity index (χ2n) is 8.04. The summed E-state index contributed by atoms with van der Waals surface area (Å²) < 4.78 is 2.38. The van der Waals surface area contributed by atoms with Crippen LogP contribution in [0.3, 0.4) is 0 Å². The molecule has 0 saturated carbocycles. The summed E-state index contributed by atoms with van der Waals surface area (Å²) in [5, 5.41) is 13.4. The van der Waals surface area contributed by atoms with Crippen LogP contribution in [0, 0.1) is 12.7 Å². The maximum absolute atomic E-state index is 10.0. The van der Waals surface area contributed by atoms with Gasteiger partial charge in [0.05, 0.1) is 5.76 Å². The van der Waals surface area contributed by atoms with Crippen molar-refractivity contribution in [3.63, 3.8) is 0 Å². The maximum Gasteiger partial charge on any atom is 0.155 e. The first-order valence-electron chi connectivity index (χ1n) is 10.4. The van der Waals surface area contributed by atoms with Crippen molar-refractivity contribution in [2.45, 2.75) is 13.8 Å². The van der Waals surface area contributed by atoms with Crippen molar-refractivity contribution in [2.75, 3.05) is 11.9 Å². The minimum Gasteiger partial charge on any atom is -0.512 e. The fourth-order valence-corrected chi connectivity index (χ4v) is 4.37. The summed E-state index contributed by atoms with van der Waals surface area (Å²) >= 11 is 0. The number of fused-ring (bicyclic) bond motifs is 6. The van der Waals surface area contributed by atoms with Gasteiger partial charge in [-0.1, -0.05) is 52.9 Å². The van der Waals surface area contributed by atoms with E-state index in [0.717, 1.165) is 5.69 Å². The van der Waals surface area contributed by atoms with Crippen LogP contribution in [0.2, 0.25) is 0 Å². The van der Waals surface area contributed by atoms with Crippen LogP contribution in [-0.4, -0.2) is 27.2 Å². The second-order valence-corrected chi connectivity index (χ2v) is 8.04. The molecule has 6 rings (SSSR count). The second kappa shape index (κ2) is 8.89. The van der Waals surface area contributed by atoms with Crippen molar-refractivity contribution in [3.8, 4) is 0 Å². The smallest absolute Gasteiger partial charge is 0.155 e. The molecule has 33 heavy (non-hydrogen) atoms. The Bertz CT molecular complexity index is 1450. The van der Waals surface area contributed by atoms with Crippen LogP contribution in [0.1, 0.15) is 13.8 Å². The van der Waals surface area contributed by atoms with Crippen molar-refractivity contribution >= 4 is 49.6 Å². The molecule has 1 radical (unpaired) electrons. The molecule has 6 heteroatoms. The van der Waals surface area contributed by atoms with E-state index in [2.05, 4.69) is 93.9 Å². The van der Waals surface area contributed by atoms with Crippen LogP contribution in [-0.2, 0) is 24.9 Å². The molecular formula is C27H23IrN3O2-2. The molecule has 5 aromatic rings. The van der Waals surface area contributed by atoms with Gasteiger partial charge in [0.1, 0.15) is 0 Å². The van der Waals surface area contributed by atoms with Crippen LogP contribution in [0.4, 0.5) is 5.69 Å². The van der Waals surface area contributed by atoms with Gasteiger partial charge < -0.3 is 19.3 Å². The van der Waals surface area contributed by atoms with Crippen LogP contribution >= 0.6 is 0 Å². The molecular weight excluding hydrogens is 591 g/mol. The Morgan fingerprint density at radius 1 is 0.970 bits per heavy atom. The number of aliphatic hydroxyl groups is 1. The normalized spacial score (nSPS) is 13.7. The number of hydrogen-bond acceptors (Lipinski definition) is 4. The molecule has 1 aliphatic heterocycles. The van der Waals surface area contributed by atoms with Gasteiger partial charge in [-0.05, 0) is 56.3 Å². The molecule has 0 atom stereocenters. The monoisotopic (exact) mass is 614 g/mol. The van der Waals surface area contributed by atoms with Crippen LogP contribution in [0.5, 0.6) is 0 Å². The number of anilines is 1. The average molecular weight is 614 g/mol. The Balaban J connectivity index is 0.000000287. The van der Waals surface area contributed by atoms with E-state index >= 15 is 0 Å². The number of ketones is 1. The third-order valence-electron chi connectivity index (χ3n) is 5.56. The fourth-order valence-electron chi connectivity index (χ4n) is 4.37. The van der Waals surface area contributed by atoms with Gasteiger partial charge in [-0.15, -0.1) is 17.5 Å². The van der Waals surface area contributed by atoms with Crippen LogP contribution in [0.25, 0.3) is 38.1 Å². The van der Waals surface area contributed by atoms with Gasteiger partial charge in [-0.2, -0.15) is 6.67 Å². The SMILES string of the molecule is CC(=O)/C=C(/C)O.CN1C=CN(c2[c-]c3c4ccccc4n4c5ccccc5c(c2)c34)[CH-]1.[Ir]. The molecule has 0 spiro atoms. The topological polar surface area (TPSA) is 48.2 Å². The predicted molar refractivity (Wildman–Crippen MR) is 131 cm³/mol. The Hall–Kier alpha value is -3.34. The quantitative estimate of drug-likeness (QED) is 0.151. The zero-order valence-corrected chi connectivity index (χ0v) is 20.9. The summed E-state index contributed by atoms with van der Waals surface area (Å²) in [4.78, 5) is 14.2. The third kappa shape index (κ3) is 3.97. The summed E-state index contributed by atoms with van der Waals surface area (Å²) in [5.41, 5.74) is 4.84. The van der Waals surface area contributed by atoms with Crippen molar-refractivity contribution < 1.29 is 30.0 Å². The number of allylic oxidation sites excluding steroid dienone is 2. The molecule has 0 unspecified atom stereocenters. The first-order valence-corrected chi connectivity index (χ1v) is 10.4. The van der Waals surface area contributed by atoms with E-state index < -0.39 is 0 Å². The van der Waals surface area contributed by atoms with Crippen molar-refractivity contribution in [2.24, 2.45) is 0 Å². The first kappa shape index (κ1) is 22.8. The van der Waals surface area contributed by atoms with Crippen LogP contribution in [0.15, 0.2) is 78.8 Å². The minimum absolute atomic E-state index is 0. The number of para-hydroxylation sites is 2. The summed E-state index contributed by atoms with van der Waals surface area (Å²) in [6, 6.07) is 23.2. The zero-order chi connectivity index (χ0) is 22.4. The fraction of sp³-hybridized carbons (Fsp3) is 0.111. The Morgan fingerprint density at radius 2 is 1.61 bits per heavy atom. The number of aliphatic hydroxyl groups excluding tert-OH is 1. The van der Waals surface area contributed by atoms with Crippen molar-refractivity contribution in [3.05, 3.63) is 91.6 Å². The number of aromatic nitrogens is 1. The molecule has 169 valence electrons. The van der Waals surface area contributed by atoms with E-state index in [0.29, 0.717) is 0 Å². The summed E-state index contributed by atoms with van der Waals surface area (Å²) in [5.74, 6) is -0.0625. The summed E-state index contributed by atoms with van der Waals surface area (Å²) in [6.45, 7) is 4.92. The summed E-state index contributed by atoms with van der Waals surface area (Å²) in [6.07, 6.45) is 5.29. The number of carbonyl (C=O) groups is 1. The Kier molecular flexibility index (Phi) is 6.15. The predicted octanol–water partition coefficient (Wildman–Crippen LogP) is 6.01. The van der Waals surface area contributed by atoms with E-state index in [1.165, 1.54) is 58.0 Å². The number of rotatable bonds is 2. The van der Waals surface area contributed by atoms with Gasteiger partial charge in [0.15, 0.2) is 5.78 Å². The number of benzene rings is 3. The molecule has 0 aliphatic carbocycles. The van der Waals surface area contributed by atoms with Gasteiger partial charge in [-0.25, -0.2) is 0 Å². The molecule has 3 aromatic carbocycles. The number of hydrogen-bond donors (Lipinski definition) is 1. The molecule has 0 bridgehead atoms. The van der Waals surface area contributed by atoms with Crippen molar-refractivity contribution in [1.82, 2.24) is 9.30 Å². The zero-order valence-electron chi connectivity index (χ0n) is 18.5. The molecule has 1 aliphatic rings. The summed E-state index contributed by atoms with van der Waals surface area (Å²) in [7, 11) is 2.04. The van der Waals surface area contributed by atoms with Crippen molar-refractivity contribution in [1.29, 1.82) is 0 Å². The molecule has 1 N–H and O–H groups in total. The van der Waals surface area contributed by atoms with E-state index in [9.17, 15) is 4.79 Å². The Morgan fingerprint density at radius 3 is 2.18 bits per heavy atom. The van der Waals surface area contributed by atoms with Gasteiger partial charge in [0, 0.05) is 37.2 Å². The van der Waals surface area contributed by atoms with Gasteiger partial charge in [-0.3, -0.25) is 4.79 Å². The van der Waals surface area contributed by atoms with E-state index in [4.69, 9.17) is 5.11 Å². The molecule has 0 fully saturated rings. The minimum atomic E-state index is -0.125. The third-order valence-corrected chi connectivity index (χ3v) is 5.56. The Labute approximate surface area is 205 Å². The van der Waals surface area contributed by atoms with E-state index in [1.807, 2.05) is 7.05 Å². The standard InChI is InChI=1S/C22H15N3.C5H8O2.Ir/c1-23-10-11-24(14-23)15-12-18-16-6-2-4-8-20(16)25-21-9-5-3-7-17(21)19(13-15)22(18)25;1-4(6)3-5(2)7;/h2-12,14H,1H3;3,6H,1-2H3;/q-2;;/b;4-3-;. The van der Waals surface area contributed by atoms with Crippen LogP contribution < -0.4 is 4.90 Å². The molecule has 2 aromatic heterocycles. The van der Waals surface area contributed by atoms with Gasteiger partial charge in [0.25, 0.3) is 0 Å². The maximum atomic E-state index is 10.0. The molecule has 0 amide bonds. The average Bonchev–Trinajstić information content (AvgIpc) is 3.43. The number of carbonyl (C=O) groups excluding carboxylic acids is 1.